The molecule has 154 valence electrons. The summed E-state index contributed by atoms with van der Waals surface area (Å²) in [5, 5.41) is 2.56. The predicted molar refractivity (Wildman–Crippen MR) is 137 cm³/mol. The normalized spacial score (nSPS) is 13.7. The van der Waals surface area contributed by atoms with E-state index in [1.54, 1.807) is 0 Å². The molecule has 0 fully saturated rings. The largest absolute Gasteiger partial charge is 0.0622 e. The van der Waals surface area contributed by atoms with E-state index in [0.717, 1.165) is 0 Å². The van der Waals surface area contributed by atoms with Gasteiger partial charge < -0.3 is 0 Å². The number of benzene rings is 5. The van der Waals surface area contributed by atoms with Gasteiger partial charge in [-0.1, -0.05) is 104 Å². The Labute approximate surface area is 190 Å². The summed E-state index contributed by atoms with van der Waals surface area (Å²) in [7, 11) is 0. The van der Waals surface area contributed by atoms with Crippen molar-refractivity contribution in [1.29, 1.82) is 0 Å². The van der Waals surface area contributed by atoms with E-state index in [-0.39, 0.29) is 5.41 Å². The predicted octanol–water partition coefficient (Wildman–Crippen LogP) is 8.79. The van der Waals surface area contributed by atoms with Crippen molar-refractivity contribution >= 4 is 10.8 Å². The fraction of sp³-hybridized carbons (Fsp3) is 0.125. The van der Waals surface area contributed by atoms with Crippen LogP contribution in [0.5, 0.6) is 0 Å². The summed E-state index contributed by atoms with van der Waals surface area (Å²) < 4.78 is 0. The zero-order valence-corrected chi connectivity index (χ0v) is 18.8. The smallest absolute Gasteiger partial charge is 0.0159 e. The Bertz CT molecular complexity index is 1490. The minimum atomic E-state index is 0.0220. The topological polar surface area (TPSA) is 0 Å². The van der Waals surface area contributed by atoms with Gasteiger partial charge in [0.25, 0.3) is 0 Å². The van der Waals surface area contributed by atoms with Crippen molar-refractivity contribution in [3.8, 4) is 33.4 Å². The van der Waals surface area contributed by atoms with E-state index < -0.39 is 0 Å². The number of aryl methyl sites for hydroxylation is 1. The third kappa shape index (κ3) is 2.91. The van der Waals surface area contributed by atoms with Crippen LogP contribution in [0.2, 0.25) is 0 Å². The van der Waals surface area contributed by atoms with Gasteiger partial charge in [0.2, 0.25) is 0 Å². The first kappa shape index (κ1) is 19.1. The number of fused-ring (bicyclic) bond motifs is 4. The zero-order chi connectivity index (χ0) is 21.9. The first-order chi connectivity index (χ1) is 15.5. The monoisotopic (exact) mass is 410 g/mol. The van der Waals surface area contributed by atoms with Crippen LogP contribution in [0.15, 0.2) is 103 Å². The van der Waals surface area contributed by atoms with Crippen LogP contribution >= 0.6 is 0 Å². The Morgan fingerprint density at radius 2 is 1.00 bits per heavy atom. The number of hydrogen-bond donors (Lipinski definition) is 0. The first-order valence-corrected chi connectivity index (χ1v) is 11.4. The molecule has 0 bridgehead atoms. The summed E-state index contributed by atoms with van der Waals surface area (Å²) in [5.41, 5.74) is 12.1. The SMILES string of the molecule is Cc1ccc2c(c1)C(C)(C)c1cc(-c3ccc4cc(-c5ccccc5)ccc4c3)ccc1-2. The fourth-order valence-corrected chi connectivity index (χ4v) is 5.27. The molecule has 5 aromatic carbocycles. The molecule has 0 aliphatic heterocycles. The Hall–Kier alpha value is -3.64. The molecule has 32 heavy (non-hydrogen) atoms. The average Bonchev–Trinajstić information content (AvgIpc) is 3.05. The molecule has 0 unspecified atom stereocenters. The van der Waals surface area contributed by atoms with Crippen molar-refractivity contribution in [2.24, 2.45) is 0 Å². The van der Waals surface area contributed by atoms with Gasteiger partial charge in [-0.25, -0.2) is 0 Å². The maximum atomic E-state index is 2.41. The van der Waals surface area contributed by atoms with Crippen molar-refractivity contribution in [2.75, 3.05) is 0 Å². The van der Waals surface area contributed by atoms with Crippen LogP contribution in [0.1, 0.15) is 30.5 Å². The Morgan fingerprint density at radius 3 is 1.69 bits per heavy atom. The molecule has 0 heteroatoms. The molecule has 0 saturated heterocycles. The molecule has 5 aromatic rings. The van der Waals surface area contributed by atoms with E-state index in [1.165, 1.54) is 60.8 Å². The van der Waals surface area contributed by atoms with Crippen LogP contribution in [-0.2, 0) is 5.41 Å². The second kappa shape index (κ2) is 6.93. The Kier molecular flexibility index (Phi) is 4.13. The third-order valence-corrected chi connectivity index (χ3v) is 7.11. The summed E-state index contributed by atoms with van der Waals surface area (Å²) in [4.78, 5) is 0. The van der Waals surface area contributed by atoms with Gasteiger partial charge in [-0.05, 0) is 80.4 Å². The lowest BCUT2D eigenvalue weighted by Gasteiger charge is -2.22. The van der Waals surface area contributed by atoms with Gasteiger partial charge >= 0.3 is 0 Å². The van der Waals surface area contributed by atoms with Crippen molar-refractivity contribution in [3.05, 3.63) is 120 Å². The standard InChI is InChI=1S/C32H26/c1-21-9-15-28-29-16-14-27(20-31(29)32(2,3)30(28)17-21)26-13-12-24-18-23(10-11-25(24)19-26)22-7-5-4-6-8-22/h4-20H,1-3H3. The zero-order valence-electron chi connectivity index (χ0n) is 18.8. The van der Waals surface area contributed by atoms with Gasteiger partial charge in [0, 0.05) is 5.41 Å². The Morgan fingerprint density at radius 1 is 0.469 bits per heavy atom. The van der Waals surface area contributed by atoms with E-state index in [9.17, 15) is 0 Å². The van der Waals surface area contributed by atoms with Crippen LogP contribution in [0, 0.1) is 6.92 Å². The molecule has 0 N–H and O–H groups in total. The highest BCUT2D eigenvalue weighted by Gasteiger charge is 2.35. The molecule has 0 spiro atoms. The van der Waals surface area contributed by atoms with E-state index in [1.807, 2.05) is 0 Å². The van der Waals surface area contributed by atoms with Gasteiger partial charge in [0.15, 0.2) is 0 Å². The third-order valence-electron chi connectivity index (χ3n) is 7.11. The lowest BCUT2D eigenvalue weighted by atomic mass is 9.81. The molecular formula is C32H26. The summed E-state index contributed by atoms with van der Waals surface area (Å²) in [6.07, 6.45) is 0. The summed E-state index contributed by atoms with van der Waals surface area (Å²) in [5.74, 6) is 0. The molecule has 0 amide bonds. The average molecular weight is 411 g/mol. The van der Waals surface area contributed by atoms with Crippen molar-refractivity contribution in [3.63, 3.8) is 0 Å². The van der Waals surface area contributed by atoms with Crippen molar-refractivity contribution in [1.82, 2.24) is 0 Å². The van der Waals surface area contributed by atoms with E-state index in [2.05, 4.69) is 124 Å². The van der Waals surface area contributed by atoms with Gasteiger partial charge in [0.05, 0.1) is 0 Å². The minimum absolute atomic E-state index is 0.0220. The second-order valence-corrected chi connectivity index (χ2v) is 9.58. The molecular weight excluding hydrogens is 384 g/mol. The molecule has 0 aromatic heterocycles. The lowest BCUT2D eigenvalue weighted by Crippen LogP contribution is -2.15. The first-order valence-electron chi connectivity index (χ1n) is 11.4. The second-order valence-electron chi connectivity index (χ2n) is 9.58. The van der Waals surface area contributed by atoms with Crippen LogP contribution in [0.25, 0.3) is 44.2 Å². The van der Waals surface area contributed by atoms with Crippen LogP contribution in [0.3, 0.4) is 0 Å². The number of rotatable bonds is 2. The van der Waals surface area contributed by atoms with Gasteiger partial charge in [0.1, 0.15) is 0 Å². The van der Waals surface area contributed by atoms with Crippen LogP contribution < -0.4 is 0 Å². The van der Waals surface area contributed by atoms with Crippen molar-refractivity contribution < 1.29 is 0 Å². The lowest BCUT2D eigenvalue weighted by molar-refractivity contribution is 0.660. The summed E-state index contributed by atoms with van der Waals surface area (Å²) in [6.45, 7) is 6.89. The molecule has 0 radical (unpaired) electrons. The molecule has 6 rings (SSSR count). The van der Waals surface area contributed by atoms with E-state index >= 15 is 0 Å². The highest BCUT2D eigenvalue weighted by Crippen LogP contribution is 2.49. The molecule has 1 aliphatic carbocycles. The van der Waals surface area contributed by atoms with Gasteiger partial charge in [-0.3, -0.25) is 0 Å². The Balaban J connectivity index is 1.42. The summed E-state index contributed by atoms with van der Waals surface area (Å²) in [6, 6.07) is 38.1. The van der Waals surface area contributed by atoms with E-state index in [0.29, 0.717) is 0 Å². The molecule has 0 heterocycles. The molecule has 0 atom stereocenters. The van der Waals surface area contributed by atoms with Gasteiger partial charge in [-0.2, -0.15) is 0 Å². The maximum Gasteiger partial charge on any atom is 0.0159 e. The highest BCUT2D eigenvalue weighted by molar-refractivity contribution is 5.91. The minimum Gasteiger partial charge on any atom is -0.0622 e. The fourth-order valence-electron chi connectivity index (χ4n) is 5.27. The molecule has 1 aliphatic rings. The molecule has 0 nitrogen and oxygen atoms in total. The maximum absolute atomic E-state index is 2.41. The number of hydrogen-bond acceptors (Lipinski definition) is 0. The van der Waals surface area contributed by atoms with Crippen LogP contribution in [0.4, 0.5) is 0 Å². The highest BCUT2D eigenvalue weighted by atomic mass is 14.4. The summed E-state index contributed by atoms with van der Waals surface area (Å²) >= 11 is 0. The quantitative estimate of drug-likeness (QED) is 0.273. The molecule has 0 saturated carbocycles. The van der Waals surface area contributed by atoms with Crippen molar-refractivity contribution in [2.45, 2.75) is 26.2 Å². The van der Waals surface area contributed by atoms with Gasteiger partial charge in [-0.15, -0.1) is 0 Å². The van der Waals surface area contributed by atoms with Crippen LogP contribution in [-0.4, -0.2) is 0 Å². The van der Waals surface area contributed by atoms with E-state index in [4.69, 9.17) is 0 Å².